The van der Waals surface area contributed by atoms with E-state index in [4.69, 9.17) is 0 Å². The van der Waals surface area contributed by atoms with Crippen LogP contribution in [-0.2, 0) is 0 Å². The van der Waals surface area contributed by atoms with E-state index in [1.807, 2.05) is 0 Å². The van der Waals surface area contributed by atoms with E-state index in [1.165, 1.54) is 48.3 Å². The Morgan fingerprint density at radius 3 is 2.48 bits per heavy atom. The van der Waals surface area contributed by atoms with E-state index in [2.05, 4.69) is 86.9 Å². The predicted octanol–water partition coefficient (Wildman–Crippen LogP) is 6.04. The number of nitrogens with one attached hydrogen (secondary N) is 1. The molecule has 0 saturated carbocycles. The molecule has 0 spiro atoms. The molecule has 1 aliphatic heterocycles. The standard InChI is InChI=1S/C25H33N2.H2/c1-5-24(26-25-20(3)12-10-13-21(25)4)19-27(6-2)17-11-16-23(18-27)22-14-8-7-9-15-22;/h7-10,12-15,23,26H,1,6,11,16-19H2,2-4H3;1H/q+1;. The number of para-hydroxylation sites is 1. The zero-order valence-electron chi connectivity index (χ0n) is 17.1. The highest BCUT2D eigenvalue weighted by Gasteiger charge is 2.35. The molecule has 3 rings (SSSR count). The van der Waals surface area contributed by atoms with Crippen molar-refractivity contribution in [2.75, 3.05) is 31.5 Å². The third-order valence-corrected chi connectivity index (χ3v) is 6.20. The lowest BCUT2D eigenvalue weighted by Crippen LogP contribution is -2.54. The molecule has 0 radical (unpaired) electrons. The number of likely N-dealkylation sites (tertiary alicyclic amines) is 1. The predicted molar refractivity (Wildman–Crippen MR) is 118 cm³/mol. The molecule has 1 heterocycles. The van der Waals surface area contributed by atoms with Gasteiger partial charge in [0.2, 0.25) is 0 Å². The number of quaternary nitrogens is 1. The van der Waals surface area contributed by atoms with Crippen LogP contribution >= 0.6 is 0 Å². The Morgan fingerprint density at radius 1 is 1.15 bits per heavy atom. The van der Waals surface area contributed by atoms with Crippen molar-refractivity contribution in [2.24, 2.45) is 0 Å². The number of anilines is 1. The fourth-order valence-electron chi connectivity index (χ4n) is 4.50. The van der Waals surface area contributed by atoms with Crippen LogP contribution in [0.2, 0.25) is 0 Å². The minimum absolute atomic E-state index is 0. The molecule has 2 atom stereocenters. The summed E-state index contributed by atoms with van der Waals surface area (Å²) < 4.78 is 1.11. The van der Waals surface area contributed by atoms with Crippen molar-refractivity contribution in [3.05, 3.63) is 83.2 Å². The van der Waals surface area contributed by atoms with E-state index in [-0.39, 0.29) is 1.43 Å². The van der Waals surface area contributed by atoms with Crippen LogP contribution in [0.1, 0.15) is 43.8 Å². The third-order valence-electron chi connectivity index (χ3n) is 6.20. The second-order valence-electron chi connectivity index (χ2n) is 8.02. The number of aryl methyl sites for hydroxylation is 2. The minimum atomic E-state index is 0. The third kappa shape index (κ3) is 4.53. The molecular formula is C25H35N2+. The summed E-state index contributed by atoms with van der Waals surface area (Å²) in [6, 6.07) is 17.5. The molecule has 1 saturated heterocycles. The van der Waals surface area contributed by atoms with E-state index in [9.17, 15) is 0 Å². The van der Waals surface area contributed by atoms with Crippen molar-refractivity contribution in [3.63, 3.8) is 0 Å². The molecule has 2 aromatic carbocycles. The van der Waals surface area contributed by atoms with Crippen LogP contribution in [0.4, 0.5) is 5.69 Å². The van der Waals surface area contributed by atoms with Gasteiger partial charge in [0.05, 0.1) is 19.6 Å². The first-order valence-corrected chi connectivity index (χ1v) is 10.2. The lowest BCUT2D eigenvalue weighted by atomic mass is 9.89. The van der Waals surface area contributed by atoms with Gasteiger partial charge in [0.25, 0.3) is 0 Å². The Morgan fingerprint density at radius 2 is 1.85 bits per heavy atom. The van der Waals surface area contributed by atoms with E-state index >= 15 is 0 Å². The van der Waals surface area contributed by atoms with Crippen LogP contribution in [0, 0.1) is 13.8 Å². The van der Waals surface area contributed by atoms with E-state index in [0.717, 1.165) is 23.3 Å². The summed E-state index contributed by atoms with van der Waals surface area (Å²) in [4.78, 5) is 0. The summed E-state index contributed by atoms with van der Waals surface area (Å²) in [5.74, 6) is 0.645. The van der Waals surface area contributed by atoms with Gasteiger partial charge in [-0.3, -0.25) is 0 Å². The van der Waals surface area contributed by atoms with E-state index in [1.54, 1.807) is 0 Å². The molecular weight excluding hydrogens is 328 g/mol. The maximum atomic E-state index is 3.99. The lowest BCUT2D eigenvalue weighted by molar-refractivity contribution is -0.927. The van der Waals surface area contributed by atoms with Crippen molar-refractivity contribution in [1.29, 1.82) is 0 Å². The molecule has 1 fully saturated rings. The van der Waals surface area contributed by atoms with Gasteiger partial charge in [0, 0.05) is 13.0 Å². The molecule has 0 amide bonds. The van der Waals surface area contributed by atoms with Crippen molar-refractivity contribution in [2.45, 2.75) is 39.5 Å². The average molecular weight is 364 g/mol. The van der Waals surface area contributed by atoms with E-state index in [0.29, 0.717) is 5.92 Å². The van der Waals surface area contributed by atoms with Gasteiger partial charge in [-0.1, -0.05) is 55.1 Å². The van der Waals surface area contributed by atoms with Gasteiger partial charge in [0.1, 0.15) is 12.2 Å². The van der Waals surface area contributed by atoms with Crippen LogP contribution in [0.3, 0.4) is 0 Å². The SMILES string of the molecule is C=C=C(C[N+]1(CC)CCCC(c2ccccc2)C1)Nc1c(C)cccc1C.[HH]. The van der Waals surface area contributed by atoms with Crippen LogP contribution in [0.25, 0.3) is 0 Å². The first kappa shape index (κ1) is 19.5. The first-order chi connectivity index (χ1) is 13.1. The average Bonchev–Trinajstić information content (AvgIpc) is 2.71. The molecule has 2 unspecified atom stereocenters. The van der Waals surface area contributed by atoms with E-state index < -0.39 is 0 Å². The van der Waals surface area contributed by atoms with Gasteiger partial charge in [0.15, 0.2) is 0 Å². The lowest BCUT2D eigenvalue weighted by Gasteiger charge is -2.44. The number of rotatable bonds is 6. The largest absolute Gasteiger partial charge is 0.347 e. The molecule has 27 heavy (non-hydrogen) atoms. The van der Waals surface area contributed by atoms with Crippen molar-refractivity contribution in [1.82, 2.24) is 0 Å². The summed E-state index contributed by atoms with van der Waals surface area (Å²) in [5, 5.41) is 3.65. The molecule has 0 bridgehead atoms. The van der Waals surface area contributed by atoms with Crippen molar-refractivity contribution in [3.8, 4) is 0 Å². The molecule has 2 heteroatoms. The fourth-order valence-corrected chi connectivity index (χ4v) is 4.50. The van der Waals surface area contributed by atoms with Gasteiger partial charge < -0.3 is 9.80 Å². The minimum Gasteiger partial charge on any atom is -0.347 e. The quantitative estimate of drug-likeness (QED) is 0.487. The van der Waals surface area contributed by atoms with Gasteiger partial charge in [-0.15, -0.1) is 5.73 Å². The maximum Gasteiger partial charge on any atom is 0.127 e. The summed E-state index contributed by atoms with van der Waals surface area (Å²) >= 11 is 0. The summed E-state index contributed by atoms with van der Waals surface area (Å²) in [6.45, 7) is 15.2. The van der Waals surface area contributed by atoms with Gasteiger partial charge >= 0.3 is 0 Å². The molecule has 0 aromatic heterocycles. The Kier molecular flexibility index (Phi) is 6.21. The Hall–Kier alpha value is -2.28. The smallest absolute Gasteiger partial charge is 0.127 e. The van der Waals surface area contributed by atoms with Crippen LogP contribution < -0.4 is 5.32 Å². The van der Waals surface area contributed by atoms with Crippen LogP contribution in [0.5, 0.6) is 0 Å². The highest BCUT2D eigenvalue weighted by molar-refractivity contribution is 5.59. The summed E-state index contributed by atoms with van der Waals surface area (Å²) in [7, 11) is 0. The second kappa shape index (κ2) is 8.61. The molecule has 144 valence electrons. The zero-order chi connectivity index (χ0) is 19.3. The van der Waals surface area contributed by atoms with Gasteiger partial charge in [-0.05, 0) is 50.3 Å². The van der Waals surface area contributed by atoms with Gasteiger partial charge in [-0.25, -0.2) is 0 Å². The zero-order valence-corrected chi connectivity index (χ0v) is 17.1. The summed E-state index contributed by atoms with van der Waals surface area (Å²) in [5.41, 5.74) is 9.55. The number of likely N-dealkylation sites (N-methyl/N-ethyl adjacent to an activating group) is 1. The number of nitrogens with zero attached hydrogens (tertiary/aromatic N) is 1. The highest BCUT2D eigenvalue weighted by atomic mass is 15.4. The van der Waals surface area contributed by atoms with Gasteiger partial charge in [-0.2, -0.15) is 0 Å². The van der Waals surface area contributed by atoms with Crippen molar-refractivity contribution >= 4 is 5.69 Å². The highest BCUT2D eigenvalue weighted by Crippen LogP contribution is 2.32. The number of piperidine rings is 1. The van der Waals surface area contributed by atoms with Crippen LogP contribution in [0.15, 0.2) is 66.5 Å². The number of hydrogen-bond acceptors (Lipinski definition) is 1. The number of benzene rings is 2. The molecule has 0 aliphatic carbocycles. The first-order valence-electron chi connectivity index (χ1n) is 10.2. The van der Waals surface area contributed by atoms with Crippen LogP contribution in [-0.4, -0.2) is 30.7 Å². The second-order valence-corrected chi connectivity index (χ2v) is 8.02. The fraction of sp³-hybridized carbons (Fsp3) is 0.400. The molecule has 2 nitrogen and oxygen atoms in total. The monoisotopic (exact) mass is 363 g/mol. The number of hydrogen-bond donors (Lipinski definition) is 1. The Bertz CT molecular complexity index is 803. The van der Waals surface area contributed by atoms with Crippen molar-refractivity contribution < 1.29 is 5.91 Å². The summed E-state index contributed by atoms with van der Waals surface area (Å²) in [6.07, 6.45) is 2.57. The Labute approximate surface area is 166 Å². The maximum absolute atomic E-state index is 3.99. The molecule has 2 aromatic rings. The molecule has 1 aliphatic rings. The topological polar surface area (TPSA) is 12.0 Å². The molecule has 1 N–H and O–H groups in total. The Balaban J connectivity index is 0.00000280. The normalized spacial score (nSPS) is 22.1.